The van der Waals surface area contributed by atoms with Crippen LogP contribution in [-0.4, -0.2) is 88.0 Å². The van der Waals surface area contributed by atoms with Crippen LogP contribution in [0.5, 0.6) is 0 Å². The number of carbonyl (C=O) groups is 2. The van der Waals surface area contributed by atoms with E-state index in [0.29, 0.717) is 42.8 Å². The quantitative estimate of drug-likeness (QED) is 0.364. The van der Waals surface area contributed by atoms with Gasteiger partial charge in [-0.25, -0.2) is 4.98 Å². The molecule has 2 aliphatic heterocycles. The maximum Gasteiger partial charge on any atom is 0.404 e. The molecular weight excluding hydrogens is 579 g/mol. The molecule has 2 fully saturated rings. The summed E-state index contributed by atoms with van der Waals surface area (Å²) in [5.41, 5.74) is 0. The van der Waals surface area contributed by atoms with E-state index in [1.54, 1.807) is 6.07 Å². The Bertz CT molecular complexity index is 1290. The average Bonchev–Trinajstić information content (AvgIpc) is 3.68. The van der Waals surface area contributed by atoms with Gasteiger partial charge >= 0.3 is 12.1 Å². The fourth-order valence-corrected chi connectivity index (χ4v) is 6.87. The molecule has 1 amide bonds. The number of hydrogen-bond acceptors (Lipinski definition) is 9. The molecule has 0 bridgehead atoms. The number of thiophene rings is 1. The molecule has 15 heteroatoms. The van der Waals surface area contributed by atoms with Crippen molar-refractivity contribution in [1.82, 2.24) is 24.6 Å². The van der Waals surface area contributed by atoms with Crippen LogP contribution in [0.1, 0.15) is 40.0 Å². The van der Waals surface area contributed by atoms with Crippen LogP contribution in [0.25, 0.3) is 0 Å². The zero-order valence-electron chi connectivity index (χ0n) is 20.6. The minimum Gasteiger partial charge on any atom is -0.459 e. The summed E-state index contributed by atoms with van der Waals surface area (Å²) in [6.45, 7) is 1.17. The lowest BCUT2D eigenvalue weighted by Crippen LogP contribution is -2.56. The highest BCUT2D eigenvalue weighted by atomic mass is 35.5. The summed E-state index contributed by atoms with van der Waals surface area (Å²) in [7, 11) is 0. The van der Waals surface area contributed by atoms with Gasteiger partial charge in [-0.15, -0.1) is 16.4 Å². The summed E-state index contributed by atoms with van der Waals surface area (Å²) in [5, 5.41) is 4.44. The Balaban J connectivity index is 1.43. The van der Waals surface area contributed by atoms with E-state index in [-0.39, 0.29) is 42.2 Å². The molecule has 0 spiro atoms. The molecule has 0 N–H and O–H groups in total. The molecule has 39 heavy (non-hydrogen) atoms. The number of amides is 1. The fraction of sp³-hybridized carbons (Fsp3) is 0.500. The molecule has 2 aliphatic rings. The number of furan rings is 1. The Kier molecular flexibility index (Phi) is 8.66. The van der Waals surface area contributed by atoms with E-state index in [2.05, 4.69) is 10.1 Å². The van der Waals surface area contributed by atoms with E-state index in [0.717, 1.165) is 9.56 Å². The molecule has 2 unspecified atom stereocenters. The van der Waals surface area contributed by atoms with Gasteiger partial charge in [0.1, 0.15) is 6.04 Å². The van der Waals surface area contributed by atoms with Gasteiger partial charge in [-0.1, -0.05) is 23.4 Å². The van der Waals surface area contributed by atoms with Gasteiger partial charge in [-0.05, 0) is 43.7 Å². The van der Waals surface area contributed by atoms with Crippen LogP contribution in [0.3, 0.4) is 0 Å². The van der Waals surface area contributed by atoms with E-state index in [9.17, 15) is 22.8 Å². The Morgan fingerprint density at radius 2 is 1.97 bits per heavy atom. The van der Waals surface area contributed by atoms with E-state index in [1.807, 2.05) is 6.07 Å². The van der Waals surface area contributed by atoms with Gasteiger partial charge in [0.2, 0.25) is 5.91 Å². The number of halogens is 4. The maximum atomic E-state index is 14.5. The smallest absolute Gasteiger partial charge is 0.404 e. The number of aromatic nitrogens is 3. The van der Waals surface area contributed by atoms with Crippen LogP contribution >= 0.6 is 34.7 Å². The maximum absolute atomic E-state index is 14.5. The molecule has 9 nitrogen and oxygen atoms in total. The van der Waals surface area contributed by atoms with Crippen molar-refractivity contribution in [2.45, 2.75) is 41.9 Å². The van der Waals surface area contributed by atoms with Crippen LogP contribution in [-0.2, 0) is 15.3 Å². The number of thioether (sulfide) groups is 1. The molecule has 210 valence electrons. The predicted octanol–water partition coefficient (Wildman–Crippen LogP) is 4.54. The van der Waals surface area contributed by atoms with Gasteiger partial charge in [0.15, 0.2) is 16.7 Å². The first kappa shape index (κ1) is 28.1. The standard InChI is InChI=1S/C24H25ClF3N5O4S2/c25-18-6-5-15(39-18)14-38-23-29-21(30-33(23)22(35)17-4-2-10-37-17)16-3-1-7-32(20(16)24(26,27)28)13-19(34)31-8-11-36-12-9-31/h2,4-6,10,16,20H,1,3,7-9,11-14H2. The lowest BCUT2D eigenvalue weighted by atomic mass is 9.88. The van der Waals surface area contributed by atoms with Crippen molar-refractivity contribution in [3.8, 4) is 0 Å². The lowest BCUT2D eigenvalue weighted by Gasteiger charge is -2.41. The van der Waals surface area contributed by atoms with Crippen LogP contribution in [0.15, 0.2) is 40.1 Å². The topological polar surface area (TPSA) is 93.7 Å². The van der Waals surface area contributed by atoms with E-state index in [4.69, 9.17) is 20.8 Å². The van der Waals surface area contributed by atoms with Crippen molar-refractivity contribution in [3.63, 3.8) is 0 Å². The monoisotopic (exact) mass is 603 g/mol. The molecule has 5 heterocycles. The number of morpholine rings is 1. The van der Waals surface area contributed by atoms with Gasteiger partial charge in [0.05, 0.1) is 30.4 Å². The van der Waals surface area contributed by atoms with Crippen molar-refractivity contribution in [3.05, 3.63) is 51.3 Å². The highest BCUT2D eigenvalue weighted by Gasteiger charge is 2.52. The largest absolute Gasteiger partial charge is 0.459 e. The molecule has 0 aliphatic carbocycles. The summed E-state index contributed by atoms with van der Waals surface area (Å²) in [4.78, 5) is 34.0. The summed E-state index contributed by atoms with van der Waals surface area (Å²) in [5.74, 6) is -1.87. The SMILES string of the molecule is O=C(CN1CCCC(c2nc(SCc3ccc(Cl)s3)n(C(=O)c3ccco3)n2)C1C(F)(F)F)N1CCOCC1. The van der Waals surface area contributed by atoms with Crippen LogP contribution in [0.2, 0.25) is 4.34 Å². The number of hydrogen-bond donors (Lipinski definition) is 0. The van der Waals surface area contributed by atoms with E-state index in [1.165, 1.54) is 51.3 Å². The minimum absolute atomic E-state index is 0.0128. The van der Waals surface area contributed by atoms with Gasteiger partial charge < -0.3 is 14.1 Å². The summed E-state index contributed by atoms with van der Waals surface area (Å²) in [6.07, 6.45) is -2.73. The zero-order valence-corrected chi connectivity index (χ0v) is 23.0. The number of alkyl halides is 3. The molecule has 3 aromatic heterocycles. The summed E-state index contributed by atoms with van der Waals surface area (Å²) in [6, 6.07) is 4.60. The third-order valence-corrected chi connectivity index (χ3v) is 8.99. The zero-order chi connectivity index (χ0) is 27.6. The highest BCUT2D eigenvalue weighted by Crippen LogP contribution is 2.41. The second kappa shape index (κ2) is 12.0. The van der Waals surface area contributed by atoms with Crippen LogP contribution < -0.4 is 0 Å². The van der Waals surface area contributed by atoms with Crippen molar-refractivity contribution in [2.24, 2.45) is 0 Å². The Hall–Kier alpha value is -2.39. The van der Waals surface area contributed by atoms with Crippen LogP contribution in [0.4, 0.5) is 13.2 Å². The molecule has 3 aromatic rings. The van der Waals surface area contributed by atoms with Crippen molar-refractivity contribution in [1.29, 1.82) is 0 Å². The van der Waals surface area contributed by atoms with E-state index < -0.39 is 24.0 Å². The van der Waals surface area contributed by atoms with Gasteiger partial charge in [-0.3, -0.25) is 14.5 Å². The first-order valence-corrected chi connectivity index (χ1v) is 14.5. The van der Waals surface area contributed by atoms with E-state index >= 15 is 0 Å². The molecule has 2 saturated heterocycles. The second-order valence-electron chi connectivity index (χ2n) is 9.14. The molecule has 0 aromatic carbocycles. The molecular formula is C24H25ClF3N5O4S2. The Morgan fingerprint density at radius 3 is 2.64 bits per heavy atom. The summed E-state index contributed by atoms with van der Waals surface area (Å²) < 4.78 is 55.7. The number of rotatable bonds is 7. The fourth-order valence-electron chi connectivity index (χ4n) is 4.80. The van der Waals surface area contributed by atoms with Crippen molar-refractivity contribution < 1.29 is 31.9 Å². The lowest BCUT2D eigenvalue weighted by molar-refractivity contribution is -0.198. The third kappa shape index (κ3) is 6.51. The first-order chi connectivity index (χ1) is 18.7. The Labute approximate surface area is 235 Å². The number of carbonyl (C=O) groups excluding carboxylic acids is 2. The number of ether oxygens (including phenoxy) is 1. The van der Waals surface area contributed by atoms with Crippen LogP contribution in [0, 0.1) is 0 Å². The van der Waals surface area contributed by atoms with Gasteiger partial charge in [0, 0.05) is 29.6 Å². The van der Waals surface area contributed by atoms with Gasteiger partial charge in [0.25, 0.3) is 0 Å². The normalized spacial score (nSPS) is 20.9. The van der Waals surface area contributed by atoms with Gasteiger partial charge in [-0.2, -0.15) is 17.9 Å². The third-order valence-electron chi connectivity index (χ3n) is 6.59. The first-order valence-electron chi connectivity index (χ1n) is 12.3. The molecule has 5 rings (SSSR count). The Morgan fingerprint density at radius 1 is 1.18 bits per heavy atom. The number of likely N-dealkylation sites (tertiary alicyclic amines) is 1. The second-order valence-corrected chi connectivity index (χ2v) is 11.9. The molecule has 0 radical (unpaired) electrons. The highest BCUT2D eigenvalue weighted by molar-refractivity contribution is 7.98. The number of nitrogens with zero attached hydrogens (tertiary/aromatic N) is 5. The summed E-state index contributed by atoms with van der Waals surface area (Å²) >= 11 is 8.55. The van der Waals surface area contributed by atoms with Crippen molar-refractivity contribution >= 4 is 46.5 Å². The molecule has 2 atom stereocenters. The van der Waals surface area contributed by atoms with Crippen molar-refractivity contribution in [2.75, 3.05) is 39.4 Å². The minimum atomic E-state index is -4.64. The molecule has 0 saturated carbocycles. The number of piperidine rings is 1. The predicted molar refractivity (Wildman–Crippen MR) is 138 cm³/mol. The average molecular weight is 604 g/mol.